The molecule has 0 saturated heterocycles. The van der Waals surface area contributed by atoms with E-state index in [0.717, 1.165) is 18.8 Å². The zero-order valence-corrected chi connectivity index (χ0v) is 15.3. The molecule has 0 bridgehead atoms. The lowest BCUT2D eigenvalue weighted by atomic mass is 9.89. The third kappa shape index (κ3) is 7.65. The average Bonchev–Trinajstić information content (AvgIpc) is 2.99. The standard InChI is InChI=1S/C9H9N.C7H14O.2C2H6/c1-7-2-3-9-8(6-7)4-5-10-9;1-6-3-2-4-7(8)5-6;2*1-2/h2-6,10H,1H3;6-8H,2-5H2,1H3;2*1-2H3. The van der Waals surface area contributed by atoms with Crippen molar-refractivity contribution < 1.29 is 5.11 Å². The summed E-state index contributed by atoms with van der Waals surface area (Å²) >= 11 is 0. The average molecular weight is 306 g/mol. The number of aryl methyl sites for hydroxylation is 1. The van der Waals surface area contributed by atoms with Crippen LogP contribution in [0.3, 0.4) is 0 Å². The van der Waals surface area contributed by atoms with Gasteiger partial charge in [-0.15, -0.1) is 0 Å². The van der Waals surface area contributed by atoms with Crippen molar-refractivity contribution in [2.24, 2.45) is 5.92 Å². The molecule has 1 aliphatic carbocycles. The molecule has 22 heavy (non-hydrogen) atoms. The van der Waals surface area contributed by atoms with E-state index in [2.05, 4.69) is 43.1 Å². The van der Waals surface area contributed by atoms with E-state index < -0.39 is 0 Å². The summed E-state index contributed by atoms with van der Waals surface area (Å²) in [6, 6.07) is 8.47. The topological polar surface area (TPSA) is 36.0 Å². The van der Waals surface area contributed by atoms with Crippen molar-refractivity contribution in [3.63, 3.8) is 0 Å². The number of aromatic amines is 1. The molecular formula is C20H35NO. The summed E-state index contributed by atoms with van der Waals surface area (Å²) < 4.78 is 0. The van der Waals surface area contributed by atoms with E-state index in [4.69, 9.17) is 5.11 Å². The Balaban J connectivity index is 0.000000333. The number of hydrogen-bond donors (Lipinski definition) is 2. The molecule has 2 N–H and O–H groups in total. The zero-order valence-electron chi connectivity index (χ0n) is 15.3. The van der Waals surface area contributed by atoms with Crippen molar-refractivity contribution in [1.29, 1.82) is 0 Å². The van der Waals surface area contributed by atoms with Gasteiger partial charge in [-0.25, -0.2) is 0 Å². The first kappa shape index (κ1) is 20.7. The maximum Gasteiger partial charge on any atom is 0.0542 e. The fourth-order valence-electron chi connectivity index (χ4n) is 2.57. The summed E-state index contributed by atoms with van der Waals surface area (Å²) in [6.45, 7) is 12.3. The second-order valence-electron chi connectivity index (χ2n) is 5.49. The van der Waals surface area contributed by atoms with Gasteiger partial charge in [0.1, 0.15) is 0 Å². The van der Waals surface area contributed by atoms with E-state index in [0.29, 0.717) is 0 Å². The summed E-state index contributed by atoms with van der Waals surface area (Å²) in [7, 11) is 0. The Bertz CT molecular complexity index is 481. The van der Waals surface area contributed by atoms with Gasteiger partial charge in [0, 0.05) is 11.7 Å². The van der Waals surface area contributed by atoms with Gasteiger partial charge in [-0.2, -0.15) is 0 Å². The molecule has 0 radical (unpaired) electrons. The van der Waals surface area contributed by atoms with Gasteiger partial charge in [-0.3, -0.25) is 0 Å². The van der Waals surface area contributed by atoms with Crippen LogP contribution >= 0.6 is 0 Å². The van der Waals surface area contributed by atoms with Gasteiger partial charge < -0.3 is 10.1 Å². The SMILES string of the molecule is CC.CC.CC1CCCC(O)C1.Cc1ccc2[nH]ccc2c1. The molecule has 2 aromatic rings. The van der Waals surface area contributed by atoms with Crippen LogP contribution in [-0.2, 0) is 0 Å². The van der Waals surface area contributed by atoms with Crippen LogP contribution in [0.15, 0.2) is 30.5 Å². The molecule has 2 heteroatoms. The second kappa shape index (κ2) is 12.3. The number of rotatable bonds is 0. The van der Waals surface area contributed by atoms with Gasteiger partial charge in [0.15, 0.2) is 0 Å². The number of H-pyrrole nitrogens is 1. The van der Waals surface area contributed by atoms with Crippen LogP contribution < -0.4 is 0 Å². The first-order valence-corrected chi connectivity index (χ1v) is 8.87. The summed E-state index contributed by atoms with van der Waals surface area (Å²) in [5, 5.41) is 10.4. The number of nitrogens with one attached hydrogen (secondary N) is 1. The largest absolute Gasteiger partial charge is 0.393 e. The van der Waals surface area contributed by atoms with Gasteiger partial charge in [-0.1, -0.05) is 59.1 Å². The number of hydrogen-bond acceptors (Lipinski definition) is 1. The number of fused-ring (bicyclic) bond motifs is 1. The van der Waals surface area contributed by atoms with Crippen LogP contribution in [0.2, 0.25) is 0 Å². The molecule has 2 unspecified atom stereocenters. The molecule has 1 saturated carbocycles. The predicted octanol–water partition coefficient (Wildman–Crippen LogP) is 6.09. The van der Waals surface area contributed by atoms with Gasteiger partial charge in [0.2, 0.25) is 0 Å². The summed E-state index contributed by atoms with van der Waals surface area (Å²) in [4.78, 5) is 3.15. The van der Waals surface area contributed by atoms with Crippen LogP contribution in [0.4, 0.5) is 0 Å². The summed E-state index contributed by atoms with van der Waals surface area (Å²) in [5.74, 6) is 0.763. The molecular weight excluding hydrogens is 270 g/mol. The van der Waals surface area contributed by atoms with Gasteiger partial charge in [0.05, 0.1) is 6.10 Å². The molecule has 1 fully saturated rings. The molecule has 1 aliphatic rings. The number of aromatic nitrogens is 1. The van der Waals surface area contributed by atoms with Crippen molar-refractivity contribution in [1.82, 2.24) is 4.98 Å². The first-order chi connectivity index (χ1) is 10.6. The van der Waals surface area contributed by atoms with Crippen molar-refractivity contribution in [3.05, 3.63) is 36.0 Å². The first-order valence-electron chi connectivity index (χ1n) is 8.87. The van der Waals surface area contributed by atoms with Crippen molar-refractivity contribution in [2.45, 2.75) is 73.3 Å². The Labute approximate surface area is 137 Å². The molecule has 2 nitrogen and oxygen atoms in total. The normalized spacial score (nSPS) is 19.8. The Morgan fingerprint density at radius 2 is 1.73 bits per heavy atom. The Morgan fingerprint density at radius 1 is 1.05 bits per heavy atom. The highest BCUT2D eigenvalue weighted by Gasteiger charge is 2.15. The lowest BCUT2D eigenvalue weighted by Gasteiger charge is -2.21. The van der Waals surface area contributed by atoms with Gasteiger partial charge >= 0.3 is 0 Å². The van der Waals surface area contributed by atoms with Crippen molar-refractivity contribution >= 4 is 10.9 Å². The maximum atomic E-state index is 9.08. The smallest absolute Gasteiger partial charge is 0.0542 e. The Hall–Kier alpha value is -1.28. The van der Waals surface area contributed by atoms with Crippen molar-refractivity contribution in [2.75, 3.05) is 0 Å². The van der Waals surface area contributed by atoms with E-state index in [1.54, 1.807) is 0 Å². The molecule has 1 aromatic carbocycles. The highest BCUT2D eigenvalue weighted by Crippen LogP contribution is 2.22. The molecule has 0 aliphatic heterocycles. The van der Waals surface area contributed by atoms with E-state index in [9.17, 15) is 0 Å². The second-order valence-corrected chi connectivity index (χ2v) is 5.49. The fourth-order valence-corrected chi connectivity index (χ4v) is 2.57. The van der Waals surface area contributed by atoms with Crippen LogP contribution in [-0.4, -0.2) is 16.2 Å². The van der Waals surface area contributed by atoms with Crippen LogP contribution in [0.5, 0.6) is 0 Å². The zero-order chi connectivity index (χ0) is 17.0. The minimum absolute atomic E-state index is 0.0127. The molecule has 126 valence electrons. The number of aliphatic hydroxyl groups excluding tert-OH is 1. The van der Waals surface area contributed by atoms with Gasteiger partial charge in [-0.05, 0) is 49.3 Å². The van der Waals surface area contributed by atoms with Crippen molar-refractivity contribution in [3.8, 4) is 0 Å². The molecule has 0 amide bonds. The van der Waals surface area contributed by atoms with E-state index in [-0.39, 0.29) is 6.10 Å². The van der Waals surface area contributed by atoms with Gasteiger partial charge in [0.25, 0.3) is 0 Å². The lowest BCUT2D eigenvalue weighted by Crippen LogP contribution is -2.16. The summed E-state index contributed by atoms with van der Waals surface area (Å²) in [6.07, 6.45) is 6.58. The van der Waals surface area contributed by atoms with E-state index in [1.807, 2.05) is 33.9 Å². The Kier molecular flexibility index (Phi) is 11.6. The minimum atomic E-state index is 0.0127. The van der Waals surface area contributed by atoms with E-state index >= 15 is 0 Å². The molecule has 1 heterocycles. The molecule has 3 rings (SSSR count). The Morgan fingerprint density at radius 3 is 2.27 bits per heavy atom. The third-order valence-corrected chi connectivity index (χ3v) is 3.62. The highest BCUT2D eigenvalue weighted by molar-refractivity contribution is 5.79. The highest BCUT2D eigenvalue weighted by atomic mass is 16.3. The van der Waals surface area contributed by atoms with Crippen LogP contribution in [0.25, 0.3) is 10.9 Å². The van der Waals surface area contributed by atoms with Crippen LogP contribution in [0.1, 0.15) is 65.9 Å². The summed E-state index contributed by atoms with van der Waals surface area (Å²) in [5.41, 5.74) is 2.53. The minimum Gasteiger partial charge on any atom is -0.393 e. The molecule has 2 atom stereocenters. The quantitative estimate of drug-likeness (QED) is 0.607. The molecule has 0 spiro atoms. The predicted molar refractivity (Wildman–Crippen MR) is 99.4 cm³/mol. The maximum absolute atomic E-state index is 9.08. The van der Waals surface area contributed by atoms with E-state index in [1.165, 1.54) is 29.3 Å². The number of aliphatic hydroxyl groups is 1. The molecule has 1 aromatic heterocycles. The lowest BCUT2D eigenvalue weighted by molar-refractivity contribution is 0.106. The van der Waals surface area contributed by atoms with Crippen LogP contribution in [0, 0.1) is 12.8 Å². The fraction of sp³-hybridized carbons (Fsp3) is 0.600. The monoisotopic (exact) mass is 305 g/mol. The number of benzene rings is 1. The third-order valence-electron chi connectivity index (χ3n) is 3.62.